The van der Waals surface area contributed by atoms with Crippen LogP contribution in [0.3, 0.4) is 0 Å². The Morgan fingerprint density at radius 3 is 2.68 bits per heavy atom. The summed E-state index contributed by atoms with van der Waals surface area (Å²) in [6.07, 6.45) is 0.0535. The minimum Gasteiger partial charge on any atom is -0.466 e. The van der Waals surface area contributed by atoms with Crippen molar-refractivity contribution in [1.29, 1.82) is 0 Å². The lowest BCUT2D eigenvalue weighted by Crippen LogP contribution is -2.21. The fourth-order valence-corrected chi connectivity index (χ4v) is 1.67. The maximum atomic E-state index is 13.5. The lowest BCUT2D eigenvalue weighted by Gasteiger charge is -2.15. The van der Waals surface area contributed by atoms with Gasteiger partial charge in [0.05, 0.1) is 19.1 Å². The van der Waals surface area contributed by atoms with E-state index in [0.717, 1.165) is 12.1 Å². The Bertz CT molecular complexity index is 472. The van der Waals surface area contributed by atoms with Crippen LogP contribution in [0.1, 0.15) is 18.9 Å². The summed E-state index contributed by atoms with van der Waals surface area (Å²) in [5.74, 6) is -2.78. The summed E-state index contributed by atoms with van der Waals surface area (Å²) in [6.45, 7) is 5.10. The third-order valence-corrected chi connectivity index (χ3v) is 2.65. The van der Waals surface area contributed by atoms with E-state index in [9.17, 15) is 13.6 Å². The lowest BCUT2D eigenvalue weighted by atomic mass is 9.95. The van der Waals surface area contributed by atoms with Crippen molar-refractivity contribution in [3.63, 3.8) is 0 Å². The van der Waals surface area contributed by atoms with Gasteiger partial charge in [0.1, 0.15) is 11.6 Å². The van der Waals surface area contributed by atoms with Crippen LogP contribution >= 0.6 is 0 Å². The Hall–Kier alpha value is -1.75. The maximum absolute atomic E-state index is 13.5. The molecule has 0 fully saturated rings. The first-order valence-electron chi connectivity index (χ1n) is 5.90. The number of aliphatic hydroxyl groups is 1. The summed E-state index contributed by atoms with van der Waals surface area (Å²) in [5.41, 5.74) is 0.439. The van der Waals surface area contributed by atoms with E-state index in [0.29, 0.717) is 5.57 Å². The number of ether oxygens (including phenoxy) is 1. The molecule has 1 rings (SSSR count). The van der Waals surface area contributed by atoms with Crippen LogP contribution in [0.4, 0.5) is 8.78 Å². The molecule has 104 valence electrons. The fraction of sp³-hybridized carbons (Fsp3) is 0.357. The van der Waals surface area contributed by atoms with Crippen LogP contribution in [-0.2, 0) is 9.53 Å². The van der Waals surface area contributed by atoms with Gasteiger partial charge in [-0.05, 0) is 31.1 Å². The van der Waals surface area contributed by atoms with Gasteiger partial charge < -0.3 is 9.84 Å². The number of allylic oxidation sites excluding steroid dienone is 1. The van der Waals surface area contributed by atoms with Crippen molar-refractivity contribution >= 4 is 11.5 Å². The number of hydrogen-bond donors (Lipinski definition) is 1. The Labute approximate surface area is 110 Å². The fourth-order valence-electron chi connectivity index (χ4n) is 1.67. The molecule has 0 saturated carbocycles. The number of aliphatic hydroxyl groups excluding tert-OH is 1. The van der Waals surface area contributed by atoms with Gasteiger partial charge in [-0.2, -0.15) is 0 Å². The van der Waals surface area contributed by atoms with Gasteiger partial charge in [-0.1, -0.05) is 6.58 Å². The molecule has 0 aliphatic carbocycles. The third-order valence-electron chi connectivity index (χ3n) is 2.65. The van der Waals surface area contributed by atoms with Gasteiger partial charge in [0.25, 0.3) is 0 Å². The second kappa shape index (κ2) is 6.99. The van der Waals surface area contributed by atoms with Crippen LogP contribution in [0.25, 0.3) is 5.57 Å². The number of carbonyl (C=O) groups excluding carboxylic acids is 1. The van der Waals surface area contributed by atoms with Crippen molar-refractivity contribution in [1.82, 2.24) is 0 Å². The molecule has 0 spiro atoms. The number of rotatable bonds is 6. The number of hydrogen-bond acceptors (Lipinski definition) is 3. The zero-order valence-electron chi connectivity index (χ0n) is 10.7. The van der Waals surface area contributed by atoms with Gasteiger partial charge >= 0.3 is 5.97 Å². The van der Waals surface area contributed by atoms with E-state index in [1.165, 1.54) is 6.07 Å². The van der Waals surface area contributed by atoms with Crippen molar-refractivity contribution in [2.45, 2.75) is 13.3 Å². The first kappa shape index (κ1) is 15.3. The highest BCUT2D eigenvalue weighted by atomic mass is 19.1. The third kappa shape index (κ3) is 4.13. The molecule has 0 unspecified atom stereocenters. The van der Waals surface area contributed by atoms with Crippen molar-refractivity contribution in [3.05, 3.63) is 42.0 Å². The van der Waals surface area contributed by atoms with Crippen LogP contribution < -0.4 is 0 Å². The largest absolute Gasteiger partial charge is 0.466 e. The smallest absolute Gasteiger partial charge is 0.311 e. The lowest BCUT2D eigenvalue weighted by molar-refractivity contribution is -0.149. The Morgan fingerprint density at radius 1 is 1.47 bits per heavy atom. The minimum atomic E-state index is -0.795. The van der Waals surface area contributed by atoms with Crippen molar-refractivity contribution < 1.29 is 23.4 Å². The molecule has 0 aliphatic rings. The molecular formula is C14H16F2O3. The van der Waals surface area contributed by atoms with Gasteiger partial charge in [-0.25, -0.2) is 8.78 Å². The molecule has 0 aromatic heterocycles. The van der Waals surface area contributed by atoms with Crippen LogP contribution in [0, 0.1) is 17.6 Å². The Balaban J connectivity index is 2.80. The van der Waals surface area contributed by atoms with Crippen LogP contribution in [0.5, 0.6) is 0 Å². The topological polar surface area (TPSA) is 46.5 Å². The molecule has 0 amide bonds. The normalized spacial score (nSPS) is 12.0. The molecule has 0 saturated heterocycles. The first-order valence-corrected chi connectivity index (χ1v) is 5.90. The SMILES string of the molecule is C=C(C[C@@H](CO)C(=O)OCC)c1ccc(F)cc1F. The summed E-state index contributed by atoms with van der Waals surface area (Å²) in [5, 5.41) is 9.14. The van der Waals surface area contributed by atoms with E-state index in [1.807, 2.05) is 0 Å². The summed E-state index contributed by atoms with van der Waals surface area (Å²) in [7, 11) is 0. The maximum Gasteiger partial charge on any atom is 0.311 e. The monoisotopic (exact) mass is 270 g/mol. The summed E-state index contributed by atoms with van der Waals surface area (Å²) < 4.78 is 31.1. The van der Waals surface area contributed by atoms with E-state index in [-0.39, 0.29) is 18.6 Å². The van der Waals surface area contributed by atoms with Gasteiger partial charge in [0, 0.05) is 11.6 Å². The molecule has 5 heteroatoms. The number of esters is 1. The van der Waals surface area contributed by atoms with E-state index in [4.69, 9.17) is 9.84 Å². The van der Waals surface area contributed by atoms with Gasteiger partial charge in [0.2, 0.25) is 0 Å². The highest BCUT2D eigenvalue weighted by molar-refractivity contribution is 5.76. The molecule has 1 aromatic carbocycles. The van der Waals surface area contributed by atoms with Crippen molar-refractivity contribution in [2.24, 2.45) is 5.92 Å². The molecule has 1 atom stereocenters. The summed E-state index contributed by atoms with van der Waals surface area (Å²) >= 11 is 0. The molecule has 0 bridgehead atoms. The van der Waals surface area contributed by atoms with E-state index >= 15 is 0 Å². The number of carbonyl (C=O) groups is 1. The van der Waals surface area contributed by atoms with Crippen LogP contribution in [0.2, 0.25) is 0 Å². The molecule has 3 nitrogen and oxygen atoms in total. The predicted octanol–water partition coefficient (Wildman–Crippen LogP) is 2.54. The molecule has 0 aliphatic heterocycles. The van der Waals surface area contributed by atoms with Crippen LogP contribution in [0.15, 0.2) is 24.8 Å². The standard InChI is InChI=1S/C14H16F2O3/c1-3-19-14(18)10(8-17)6-9(2)12-5-4-11(15)7-13(12)16/h4-5,7,10,17H,2-3,6,8H2,1H3/t10-/m0/s1. The molecule has 1 N–H and O–H groups in total. The summed E-state index contributed by atoms with van der Waals surface area (Å²) in [6, 6.07) is 3.12. The molecule has 0 heterocycles. The minimum absolute atomic E-state index is 0.0535. The highest BCUT2D eigenvalue weighted by Gasteiger charge is 2.21. The second-order valence-electron chi connectivity index (χ2n) is 4.06. The number of halogens is 2. The van der Waals surface area contributed by atoms with Crippen molar-refractivity contribution in [2.75, 3.05) is 13.2 Å². The molecule has 19 heavy (non-hydrogen) atoms. The Kier molecular flexibility index (Phi) is 5.63. The van der Waals surface area contributed by atoms with Gasteiger partial charge in [-0.3, -0.25) is 4.79 Å². The highest BCUT2D eigenvalue weighted by Crippen LogP contribution is 2.24. The Morgan fingerprint density at radius 2 is 2.16 bits per heavy atom. The van der Waals surface area contributed by atoms with E-state index in [2.05, 4.69) is 6.58 Å². The van der Waals surface area contributed by atoms with Gasteiger partial charge in [0.15, 0.2) is 0 Å². The summed E-state index contributed by atoms with van der Waals surface area (Å²) in [4.78, 5) is 11.5. The average Bonchev–Trinajstić information content (AvgIpc) is 2.35. The quantitative estimate of drug-likeness (QED) is 0.808. The first-order chi connectivity index (χ1) is 8.99. The second-order valence-corrected chi connectivity index (χ2v) is 4.06. The number of benzene rings is 1. The van der Waals surface area contributed by atoms with Crippen molar-refractivity contribution in [3.8, 4) is 0 Å². The molecule has 1 aromatic rings. The predicted molar refractivity (Wildman–Crippen MR) is 67.2 cm³/mol. The molecule has 0 radical (unpaired) electrons. The molecular weight excluding hydrogens is 254 g/mol. The van der Waals surface area contributed by atoms with Crippen LogP contribution in [-0.4, -0.2) is 24.3 Å². The van der Waals surface area contributed by atoms with E-state index in [1.54, 1.807) is 6.92 Å². The average molecular weight is 270 g/mol. The zero-order chi connectivity index (χ0) is 14.4. The van der Waals surface area contributed by atoms with Gasteiger partial charge in [-0.15, -0.1) is 0 Å². The van der Waals surface area contributed by atoms with E-state index < -0.39 is 30.1 Å². The zero-order valence-corrected chi connectivity index (χ0v) is 10.7.